The molecule has 2 aliphatic heterocycles. The van der Waals surface area contributed by atoms with Gasteiger partial charge in [-0.25, -0.2) is 14.8 Å². The molecule has 284 valence electrons. The van der Waals surface area contributed by atoms with Crippen molar-refractivity contribution in [3.8, 4) is 11.5 Å². The minimum atomic E-state index is -1.39. The van der Waals surface area contributed by atoms with Crippen LogP contribution in [0.15, 0.2) is 90.6 Å². The smallest absolute Gasteiger partial charge is 0.413 e. The van der Waals surface area contributed by atoms with E-state index in [4.69, 9.17) is 33.2 Å². The Morgan fingerprint density at radius 1 is 0.870 bits per heavy atom. The van der Waals surface area contributed by atoms with Crippen LogP contribution < -0.4 is 14.8 Å². The molecular formula is C41H45N3O9S. The Balaban J connectivity index is 1.30. The zero-order valence-electron chi connectivity index (χ0n) is 31.3. The fourth-order valence-electron chi connectivity index (χ4n) is 7.20. The van der Waals surface area contributed by atoms with Crippen LogP contribution in [0.2, 0.25) is 0 Å². The Kier molecular flexibility index (Phi) is 10.2. The molecule has 4 heterocycles. The number of amides is 1. The summed E-state index contributed by atoms with van der Waals surface area (Å²) in [4.78, 5) is 21.6. The van der Waals surface area contributed by atoms with Crippen LogP contribution in [0.1, 0.15) is 63.0 Å². The number of hydrogen-bond donors (Lipinski definition) is 2. The number of rotatable bonds is 11. The minimum absolute atomic E-state index is 0.101. The van der Waals surface area contributed by atoms with Gasteiger partial charge in [0.2, 0.25) is 0 Å². The van der Waals surface area contributed by atoms with Crippen LogP contribution in [0.3, 0.4) is 0 Å². The number of aliphatic hydroxyl groups is 1. The average molecular weight is 756 g/mol. The Labute approximate surface area is 318 Å². The zero-order valence-corrected chi connectivity index (χ0v) is 32.1. The highest BCUT2D eigenvalue weighted by Gasteiger charge is 2.64. The van der Waals surface area contributed by atoms with Gasteiger partial charge in [-0.2, -0.15) is 0 Å². The van der Waals surface area contributed by atoms with Crippen LogP contribution in [0.25, 0.3) is 10.2 Å². The maximum atomic E-state index is 12.7. The summed E-state index contributed by atoms with van der Waals surface area (Å²) in [5, 5.41) is 16.1. The van der Waals surface area contributed by atoms with Crippen molar-refractivity contribution in [1.82, 2.24) is 9.97 Å². The van der Waals surface area contributed by atoms with Gasteiger partial charge in [-0.3, -0.25) is 5.32 Å². The monoisotopic (exact) mass is 755 g/mol. The first-order valence-electron chi connectivity index (χ1n) is 17.7. The second kappa shape index (κ2) is 14.5. The van der Waals surface area contributed by atoms with E-state index >= 15 is 0 Å². The third kappa shape index (κ3) is 7.03. The van der Waals surface area contributed by atoms with Gasteiger partial charge in [0.1, 0.15) is 52.9 Å². The summed E-state index contributed by atoms with van der Waals surface area (Å²) in [6, 6.07) is 25.4. The summed E-state index contributed by atoms with van der Waals surface area (Å²) in [6.45, 7) is 8.51. The van der Waals surface area contributed by atoms with Crippen molar-refractivity contribution in [2.45, 2.75) is 75.5 Å². The molecule has 1 amide bonds. The second-order valence-corrected chi connectivity index (χ2v) is 15.7. The van der Waals surface area contributed by atoms with Crippen molar-refractivity contribution >= 4 is 33.5 Å². The predicted molar refractivity (Wildman–Crippen MR) is 203 cm³/mol. The van der Waals surface area contributed by atoms with E-state index in [9.17, 15) is 9.90 Å². The number of methoxy groups -OCH3 is 2. The third-order valence-corrected chi connectivity index (χ3v) is 10.6. The number of aliphatic hydroxyl groups excluding tert-OH is 1. The molecule has 4 atom stereocenters. The number of nitrogens with one attached hydrogen (secondary N) is 1. The van der Waals surface area contributed by atoms with Crippen molar-refractivity contribution in [3.05, 3.63) is 113 Å². The first-order valence-corrected chi connectivity index (χ1v) is 18.5. The molecule has 2 fully saturated rings. The maximum absolute atomic E-state index is 12.7. The van der Waals surface area contributed by atoms with E-state index in [1.54, 1.807) is 35.0 Å². The van der Waals surface area contributed by atoms with Crippen molar-refractivity contribution in [3.63, 3.8) is 0 Å². The molecule has 0 unspecified atom stereocenters. The van der Waals surface area contributed by atoms with E-state index in [2.05, 4.69) is 15.3 Å². The van der Waals surface area contributed by atoms with Crippen LogP contribution in [0.5, 0.6) is 11.5 Å². The SMILES string of the molecule is COc1ccc(C(OC[C@]2(CO)O[C@@H](c3csc4c(NC(=O)OC(C)(C)C)ncnc34)[C@@H]3OC(C)(C)O[C@@H]32)(c2ccccc2)c2ccc(OC)cc2)cc1. The summed E-state index contributed by atoms with van der Waals surface area (Å²) in [5.74, 6) is 0.710. The number of thiophene rings is 1. The van der Waals surface area contributed by atoms with Crippen molar-refractivity contribution < 1.29 is 43.1 Å². The molecule has 0 radical (unpaired) electrons. The van der Waals surface area contributed by atoms with Gasteiger partial charge in [-0.05, 0) is 81.0 Å². The van der Waals surface area contributed by atoms with Gasteiger partial charge in [0.15, 0.2) is 11.6 Å². The molecule has 0 saturated carbocycles. The lowest BCUT2D eigenvalue weighted by molar-refractivity contribution is -0.233. The van der Waals surface area contributed by atoms with E-state index < -0.39 is 53.6 Å². The van der Waals surface area contributed by atoms with E-state index in [1.165, 1.54) is 17.7 Å². The molecule has 0 aliphatic carbocycles. The van der Waals surface area contributed by atoms with E-state index in [0.29, 0.717) is 33.1 Å². The van der Waals surface area contributed by atoms with Gasteiger partial charge < -0.3 is 38.3 Å². The fourth-order valence-corrected chi connectivity index (χ4v) is 8.19. The number of carbonyl (C=O) groups excluding carboxylic acids is 1. The number of nitrogens with zero attached hydrogens (tertiary/aromatic N) is 2. The lowest BCUT2D eigenvalue weighted by Crippen LogP contribution is -2.52. The lowest BCUT2D eigenvalue weighted by Gasteiger charge is -2.40. The van der Waals surface area contributed by atoms with E-state index in [-0.39, 0.29) is 6.61 Å². The highest BCUT2D eigenvalue weighted by Crippen LogP contribution is 2.53. The number of ether oxygens (including phenoxy) is 7. The van der Waals surface area contributed by atoms with Crippen molar-refractivity contribution in [2.24, 2.45) is 0 Å². The Bertz CT molecular complexity index is 2040. The standard InChI is InChI=1S/C41H45N3O9S/c1-38(2,3)53-37(46)44-36-34-31(42-24-43-36)30(21-54-34)32-33-35(52-39(4,5)50-33)40(22-45,51-32)23-49-41(25-11-9-8-10-12-25,26-13-17-28(47-6)18-14-26)27-15-19-29(48-7)20-16-27/h8-21,24,32-33,35,45H,22-23H2,1-7H3,(H,42,43,44,46)/t32-,33-,35-,40-/m0/s1. The summed E-state index contributed by atoms with van der Waals surface area (Å²) in [6.07, 6.45) is -1.35. The van der Waals surface area contributed by atoms with Gasteiger partial charge in [0, 0.05) is 5.56 Å². The first-order chi connectivity index (χ1) is 25.8. The molecular weight excluding hydrogens is 711 g/mol. The number of aromatic nitrogens is 2. The number of anilines is 1. The van der Waals surface area contributed by atoms with Crippen LogP contribution in [-0.2, 0) is 29.3 Å². The van der Waals surface area contributed by atoms with E-state index in [0.717, 1.165) is 16.7 Å². The van der Waals surface area contributed by atoms with Crippen molar-refractivity contribution in [2.75, 3.05) is 32.8 Å². The molecule has 2 aliphatic rings. The molecule has 7 rings (SSSR count). The molecule has 0 bridgehead atoms. The van der Waals surface area contributed by atoms with Crippen LogP contribution in [0, 0.1) is 0 Å². The predicted octanol–water partition coefficient (Wildman–Crippen LogP) is 7.39. The minimum Gasteiger partial charge on any atom is -0.497 e. The normalized spacial score (nSPS) is 22.2. The number of benzene rings is 3. The molecule has 2 saturated heterocycles. The molecule has 54 heavy (non-hydrogen) atoms. The summed E-state index contributed by atoms with van der Waals surface area (Å²) in [7, 11) is 3.25. The third-order valence-electron chi connectivity index (χ3n) is 9.59. The average Bonchev–Trinajstić information content (AvgIpc) is 3.82. The molecule has 0 spiro atoms. The molecule has 2 aromatic heterocycles. The van der Waals surface area contributed by atoms with Crippen LogP contribution in [0.4, 0.5) is 10.6 Å². The summed E-state index contributed by atoms with van der Waals surface area (Å²) >= 11 is 1.36. The van der Waals surface area contributed by atoms with Gasteiger partial charge in [-0.1, -0.05) is 54.6 Å². The van der Waals surface area contributed by atoms with Crippen molar-refractivity contribution in [1.29, 1.82) is 0 Å². The quantitative estimate of drug-likeness (QED) is 0.131. The lowest BCUT2D eigenvalue weighted by atomic mass is 9.79. The Morgan fingerprint density at radius 2 is 1.48 bits per heavy atom. The van der Waals surface area contributed by atoms with E-state index in [1.807, 2.05) is 98.1 Å². The summed E-state index contributed by atoms with van der Waals surface area (Å²) in [5.41, 5.74) is 0.527. The maximum Gasteiger partial charge on any atom is 0.413 e. The second-order valence-electron chi connectivity index (χ2n) is 14.8. The summed E-state index contributed by atoms with van der Waals surface area (Å²) < 4.78 is 44.4. The van der Waals surface area contributed by atoms with Crippen LogP contribution in [-0.4, -0.2) is 77.8 Å². The molecule has 3 aromatic carbocycles. The highest BCUT2D eigenvalue weighted by molar-refractivity contribution is 7.18. The van der Waals surface area contributed by atoms with Gasteiger partial charge in [0.25, 0.3) is 0 Å². The van der Waals surface area contributed by atoms with Gasteiger partial charge in [0.05, 0.1) is 37.6 Å². The molecule has 5 aromatic rings. The Morgan fingerprint density at radius 3 is 2.06 bits per heavy atom. The number of hydrogen-bond acceptors (Lipinski definition) is 12. The first kappa shape index (κ1) is 37.7. The topological polar surface area (TPSA) is 140 Å². The Hall–Kier alpha value is -4.63. The molecule has 2 N–H and O–H groups in total. The van der Waals surface area contributed by atoms with Gasteiger partial charge in [-0.15, -0.1) is 11.3 Å². The molecule has 12 nitrogen and oxygen atoms in total. The fraction of sp³-hybridized carbons (Fsp3) is 0.390. The highest BCUT2D eigenvalue weighted by atomic mass is 32.1. The number of fused-ring (bicyclic) bond motifs is 2. The largest absolute Gasteiger partial charge is 0.497 e. The molecule has 13 heteroatoms. The zero-order chi connectivity index (χ0) is 38.3. The van der Waals surface area contributed by atoms with Gasteiger partial charge >= 0.3 is 6.09 Å². The van der Waals surface area contributed by atoms with Crippen LogP contribution >= 0.6 is 11.3 Å². The number of carbonyl (C=O) groups is 1.